The van der Waals surface area contributed by atoms with Gasteiger partial charge in [-0.3, -0.25) is 0 Å². The smallest absolute Gasteiger partial charge is 1.00 e. The minimum atomic E-state index is -2.94. The molecule has 1 atom stereocenters. The van der Waals surface area contributed by atoms with Crippen molar-refractivity contribution in [2.45, 2.75) is 83.7 Å². The fraction of sp³-hybridized carbons (Fsp3) is 0.312. The molecule has 1 unspecified atom stereocenters. The zero-order chi connectivity index (χ0) is 34.6. The molecule has 0 nitrogen and oxygen atoms in total. The molecule has 4 aromatic rings. The van der Waals surface area contributed by atoms with E-state index in [2.05, 4.69) is 178 Å². The summed E-state index contributed by atoms with van der Waals surface area (Å²) in [7, 11) is 0. The molecule has 0 saturated heterocycles. The summed E-state index contributed by atoms with van der Waals surface area (Å²) < 4.78 is 3.72. The zero-order valence-electron chi connectivity index (χ0n) is 31.8. The van der Waals surface area contributed by atoms with Crippen LogP contribution >= 0.6 is 0 Å². The second-order valence-corrected chi connectivity index (χ2v) is 23.5. The van der Waals surface area contributed by atoms with Crippen LogP contribution in [0.25, 0.3) is 23.3 Å². The van der Waals surface area contributed by atoms with E-state index in [1.807, 2.05) is 0 Å². The van der Waals surface area contributed by atoms with Crippen LogP contribution in [0.15, 0.2) is 106 Å². The van der Waals surface area contributed by atoms with E-state index in [9.17, 15) is 0 Å². The van der Waals surface area contributed by atoms with Crippen LogP contribution < -0.4 is 24.8 Å². The van der Waals surface area contributed by atoms with Crippen molar-refractivity contribution < 1.29 is 46.1 Å². The molecule has 0 N–H and O–H groups in total. The van der Waals surface area contributed by atoms with Crippen LogP contribution in [0.2, 0.25) is 0 Å². The Morgan fingerprint density at radius 3 is 1.47 bits per heavy atom. The molecule has 4 aromatic carbocycles. The van der Waals surface area contributed by atoms with E-state index < -0.39 is 21.3 Å². The first-order valence-corrected chi connectivity index (χ1v) is 22.1. The molecule has 4 aliphatic rings. The predicted octanol–water partition coefficient (Wildman–Crippen LogP) is 6.38. The summed E-state index contributed by atoms with van der Waals surface area (Å²) in [5.41, 5.74) is 18.9. The molecule has 260 valence electrons. The topological polar surface area (TPSA) is 0 Å². The Hall–Kier alpha value is -2.83. The van der Waals surface area contributed by atoms with Crippen molar-refractivity contribution in [2.24, 2.45) is 11.3 Å². The molecular formula is C48H50Cl2Zr. The second kappa shape index (κ2) is 13.2. The summed E-state index contributed by atoms with van der Waals surface area (Å²) in [6, 6.07) is 29.4. The van der Waals surface area contributed by atoms with Gasteiger partial charge >= 0.3 is 304 Å². The van der Waals surface area contributed by atoms with Crippen LogP contribution in [-0.4, -0.2) is 3.21 Å². The van der Waals surface area contributed by atoms with Crippen molar-refractivity contribution in [3.05, 3.63) is 162 Å². The molecule has 0 saturated carbocycles. The number of hydrogen-bond donors (Lipinski definition) is 0. The van der Waals surface area contributed by atoms with Crippen molar-refractivity contribution in [3.8, 4) is 11.1 Å². The summed E-state index contributed by atoms with van der Waals surface area (Å²) in [5, 5.41) is 0. The van der Waals surface area contributed by atoms with E-state index in [1.54, 1.807) is 17.6 Å². The average molecular weight is 789 g/mol. The summed E-state index contributed by atoms with van der Waals surface area (Å²) in [6.45, 7) is 23.6. The normalized spacial score (nSPS) is 18.4. The Balaban J connectivity index is 0.00000224. The van der Waals surface area contributed by atoms with Gasteiger partial charge in [0, 0.05) is 0 Å². The molecule has 0 aliphatic heterocycles. The van der Waals surface area contributed by atoms with Gasteiger partial charge in [0.15, 0.2) is 0 Å². The quantitative estimate of drug-likeness (QED) is 0.225. The van der Waals surface area contributed by atoms with Gasteiger partial charge in [-0.1, -0.05) is 0 Å². The molecule has 0 aromatic heterocycles. The largest absolute Gasteiger partial charge is 1.00 e. The number of benzene rings is 4. The minimum Gasteiger partial charge on any atom is -1.00 e. The van der Waals surface area contributed by atoms with E-state index >= 15 is 0 Å². The van der Waals surface area contributed by atoms with Crippen LogP contribution in [0.3, 0.4) is 0 Å². The molecule has 4 aliphatic carbocycles. The van der Waals surface area contributed by atoms with Crippen molar-refractivity contribution in [1.29, 1.82) is 0 Å². The zero-order valence-corrected chi connectivity index (χ0v) is 35.8. The van der Waals surface area contributed by atoms with Gasteiger partial charge < -0.3 is 24.8 Å². The SMILES string of the molecule is Cc1ccc([C](c2ccc(C)cc2)=[Zr+2]([C]2=CC(C(C)(C)C)=CC2C)[CH]2c3cc4c(cc3-c3cc5c(cc32)C(C)(C)C=C5)C=CC4(C)C)cc1.[Cl-].[Cl-]. The Labute approximate surface area is 326 Å². The molecule has 0 spiro atoms. The Morgan fingerprint density at radius 2 is 1.08 bits per heavy atom. The van der Waals surface area contributed by atoms with Crippen molar-refractivity contribution in [1.82, 2.24) is 0 Å². The molecule has 0 heterocycles. The second-order valence-electron chi connectivity index (χ2n) is 17.4. The van der Waals surface area contributed by atoms with Crippen molar-refractivity contribution >= 4 is 15.4 Å². The van der Waals surface area contributed by atoms with Crippen LogP contribution in [0, 0.1) is 25.2 Å². The summed E-state index contributed by atoms with van der Waals surface area (Å²) in [5.74, 6) is 0.419. The Bertz CT molecular complexity index is 2080. The third-order valence-corrected chi connectivity index (χ3v) is 20.4. The first-order chi connectivity index (χ1) is 23.1. The molecule has 0 bridgehead atoms. The third-order valence-electron chi connectivity index (χ3n) is 11.7. The van der Waals surface area contributed by atoms with Crippen molar-refractivity contribution in [3.63, 3.8) is 0 Å². The predicted molar refractivity (Wildman–Crippen MR) is 208 cm³/mol. The van der Waals surface area contributed by atoms with E-state index in [0.717, 1.165) is 0 Å². The van der Waals surface area contributed by atoms with E-state index in [0.29, 0.717) is 9.54 Å². The molecule has 0 radical (unpaired) electrons. The van der Waals surface area contributed by atoms with Crippen LogP contribution in [-0.2, 0) is 32.1 Å². The van der Waals surface area contributed by atoms with Gasteiger partial charge in [-0.25, -0.2) is 0 Å². The van der Waals surface area contributed by atoms with Crippen LogP contribution in [0.5, 0.6) is 0 Å². The van der Waals surface area contributed by atoms with Crippen molar-refractivity contribution in [2.75, 3.05) is 0 Å². The van der Waals surface area contributed by atoms with Gasteiger partial charge in [-0.05, 0) is 0 Å². The first-order valence-electron chi connectivity index (χ1n) is 18.2. The number of hydrogen-bond acceptors (Lipinski definition) is 0. The number of halogens is 2. The molecule has 3 heteroatoms. The van der Waals surface area contributed by atoms with E-state index in [1.165, 1.54) is 61.2 Å². The van der Waals surface area contributed by atoms with Crippen LogP contribution in [0.4, 0.5) is 0 Å². The molecular weight excluding hydrogens is 739 g/mol. The van der Waals surface area contributed by atoms with Gasteiger partial charge in [-0.15, -0.1) is 0 Å². The molecule has 51 heavy (non-hydrogen) atoms. The number of rotatable bonds is 4. The van der Waals surface area contributed by atoms with E-state index in [4.69, 9.17) is 0 Å². The first kappa shape index (κ1) is 37.9. The maximum atomic E-state index is 2.68. The van der Waals surface area contributed by atoms with Gasteiger partial charge in [0.1, 0.15) is 0 Å². The fourth-order valence-corrected chi connectivity index (χ4v) is 18.2. The number of aryl methyl sites for hydroxylation is 2. The Morgan fingerprint density at radius 1 is 0.647 bits per heavy atom. The Kier molecular flexibility index (Phi) is 9.84. The van der Waals surface area contributed by atoms with E-state index in [-0.39, 0.29) is 41.1 Å². The standard InChI is InChI=1S/C23H21.C15H14.C10H15.2ClH.Zr/c1-22(2)7-5-14-10-18-16(12-20(14)22)9-17-13-21-15(11-19(17)18)6-8-23(21,3)4;1-12-3-7-14(8-4-12)11-15-9-5-13(2)6-10-15;1-8-5-6-9(7-8)10(2,3)4;;;/h5-13H,1-4H3;3-10H,1-2H3;6-8H,1-4H3;2*1H;/q;;;;;+2/p-2. The van der Waals surface area contributed by atoms with Gasteiger partial charge in [0.05, 0.1) is 0 Å². The maximum Gasteiger partial charge on any atom is -1.00 e. The van der Waals surface area contributed by atoms with Gasteiger partial charge in [-0.2, -0.15) is 0 Å². The molecule has 0 amide bonds. The number of fused-ring (bicyclic) bond motifs is 5. The summed E-state index contributed by atoms with van der Waals surface area (Å²) in [6.07, 6.45) is 14.8. The third kappa shape index (κ3) is 6.34. The molecule has 0 fully saturated rings. The summed E-state index contributed by atoms with van der Waals surface area (Å²) >= 11 is -2.94. The van der Waals surface area contributed by atoms with Crippen LogP contribution in [0.1, 0.15) is 115 Å². The maximum absolute atomic E-state index is 2.94. The van der Waals surface area contributed by atoms with Gasteiger partial charge in [0.2, 0.25) is 0 Å². The minimum absolute atomic E-state index is 0. The number of allylic oxidation sites excluding steroid dienone is 6. The average Bonchev–Trinajstić information content (AvgIpc) is 3.76. The van der Waals surface area contributed by atoms with Gasteiger partial charge in [0.25, 0.3) is 0 Å². The monoisotopic (exact) mass is 786 g/mol. The summed E-state index contributed by atoms with van der Waals surface area (Å²) in [4.78, 5) is 0. The molecule has 8 rings (SSSR count). The fourth-order valence-electron chi connectivity index (χ4n) is 8.73.